The molecule has 2 rings (SSSR count). The maximum atomic E-state index is 11.7. The molecule has 1 aromatic rings. The summed E-state index contributed by atoms with van der Waals surface area (Å²) in [6, 6.07) is 3.62. The molecule has 0 spiro atoms. The molecule has 0 saturated carbocycles. The second-order valence-corrected chi connectivity index (χ2v) is 5.92. The van der Waals surface area contributed by atoms with Gasteiger partial charge in [-0.05, 0) is 39.1 Å². The summed E-state index contributed by atoms with van der Waals surface area (Å²) >= 11 is 6.32. The third kappa shape index (κ3) is 2.99. The Kier molecular flexibility index (Phi) is 4.40. The van der Waals surface area contributed by atoms with E-state index in [1.807, 2.05) is 14.1 Å². The second kappa shape index (κ2) is 5.89. The molecule has 4 N–H and O–H groups in total. The highest BCUT2D eigenvalue weighted by atomic mass is 35.5. The fourth-order valence-electron chi connectivity index (χ4n) is 2.84. The number of primary amides is 1. The van der Waals surface area contributed by atoms with Gasteiger partial charge >= 0.3 is 0 Å². The van der Waals surface area contributed by atoms with Gasteiger partial charge in [-0.3, -0.25) is 4.79 Å². The molecule has 20 heavy (non-hydrogen) atoms. The molecule has 1 amide bonds. The van der Waals surface area contributed by atoms with Crippen LogP contribution in [0.5, 0.6) is 0 Å². The first-order valence-electron chi connectivity index (χ1n) is 6.70. The molecule has 1 unspecified atom stereocenters. The maximum absolute atomic E-state index is 11.7. The van der Waals surface area contributed by atoms with Gasteiger partial charge in [-0.2, -0.15) is 0 Å². The molecule has 1 aliphatic rings. The van der Waals surface area contributed by atoms with Gasteiger partial charge in [0.15, 0.2) is 0 Å². The zero-order valence-corrected chi connectivity index (χ0v) is 12.7. The van der Waals surface area contributed by atoms with E-state index in [1.165, 1.54) is 0 Å². The van der Waals surface area contributed by atoms with Crippen LogP contribution < -0.4 is 16.4 Å². The van der Waals surface area contributed by atoms with E-state index in [2.05, 4.69) is 9.80 Å². The topological polar surface area (TPSA) is 75.6 Å². The van der Waals surface area contributed by atoms with Gasteiger partial charge in [0.1, 0.15) is 0 Å². The molecule has 6 heteroatoms. The molecular weight excluding hydrogens is 276 g/mol. The van der Waals surface area contributed by atoms with Crippen LogP contribution >= 0.6 is 11.6 Å². The predicted molar refractivity (Wildman–Crippen MR) is 83.3 cm³/mol. The van der Waals surface area contributed by atoms with Gasteiger partial charge in [0, 0.05) is 24.8 Å². The molecule has 0 aromatic heterocycles. The molecular formula is C14H21ClN4O. The van der Waals surface area contributed by atoms with E-state index in [1.54, 1.807) is 12.1 Å². The van der Waals surface area contributed by atoms with Crippen molar-refractivity contribution in [1.82, 2.24) is 4.90 Å². The number of nitrogens with zero attached hydrogens (tertiary/aromatic N) is 2. The molecule has 1 aliphatic heterocycles. The van der Waals surface area contributed by atoms with E-state index >= 15 is 0 Å². The summed E-state index contributed by atoms with van der Waals surface area (Å²) in [6.45, 7) is 1.79. The number of anilines is 2. The summed E-state index contributed by atoms with van der Waals surface area (Å²) < 4.78 is 0. The average molecular weight is 297 g/mol. The van der Waals surface area contributed by atoms with Crippen molar-refractivity contribution in [1.29, 1.82) is 0 Å². The lowest BCUT2D eigenvalue weighted by molar-refractivity contribution is 0.100. The van der Waals surface area contributed by atoms with Crippen molar-refractivity contribution in [3.05, 3.63) is 22.7 Å². The summed E-state index contributed by atoms with van der Waals surface area (Å²) in [5.41, 5.74) is 12.8. The molecule has 1 atom stereocenters. The lowest BCUT2D eigenvalue weighted by Gasteiger charge is -2.31. The first-order chi connectivity index (χ1) is 9.40. The number of carbonyl (C=O) groups excluding carboxylic acids is 1. The molecule has 0 aliphatic carbocycles. The van der Waals surface area contributed by atoms with Crippen molar-refractivity contribution >= 4 is 28.9 Å². The number of hydrogen-bond acceptors (Lipinski definition) is 4. The normalized spacial score (nSPS) is 18.8. The Bertz CT molecular complexity index is 518. The van der Waals surface area contributed by atoms with Crippen molar-refractivity contribution in [3.63, 3.8) is 0 Å². The summed E-state index contributed by atoms with van der Waals surface area (Å²) in [6.07, 6.45) is 2.16. The van der Waals surface area contributed by atoms with Gasteiger partial charge in [-0.25, -0.2) is 0 Å². The summed E-state index contributed by atoms with van der Waals surface area (Å²) in [5.74, 6) is -0.496. The van der Waals surface area contributed by atoms with Gasteiger partial charge in [-0.1, -0.05) is 11.6 Å². The SMILES string of the molecule is CN(C)CC1CCCN1c1c(Cl)cc(N)cc1C(N)=O. The average Bonchev–Trinajstić information content (AvgIpc) is 2.75. The van der Waals surface area contributed by atoms with E-state index in [-0.39, 0.29) is 0 Å². The first kappa shape index (κ1) is 14.9. The summed E-state index contributed by atoms with van der Waals surface area (Å²) in [7, 11) is 4.08. The number of amides is 1. The molecule has 0 bridgehead atoms. The van der Waals surface area contributed by atoms with Crippen LogP contribution in [0.1, 0.15) is 23.2 Å². The van der Waals surface area contributed by atoms with Gasteiger partial charge in [0.25, 0.3) is 5.91 Å². The molecule has 1 heterocycles. The first-order valence-corrected chi connectivity index (χ1v) is 7.08. The Morgan fingerprint density at radius 2 is 2.20 bits per heavy atom. The number of nitrogen functional groups attached to an aromatic ring is 1. The molecule has 1 saturated heterocycles. The standard InChI is InChI=1S/C14H21ClN4O/c1-18(2)8-10-4-3-5-19(10)13-11(14(17)20)6-9(16)7-12(13)15/h6-7,10H,3-5,8,16H2,1-2H3,(H2,17,20). The Morgan fingerprint density at radius 3 is 2.80 bits per heavy atom. The van der Waals surface area contributed by atoms with E-state index in [0.717, 1.165) is 31.6 Å². The molecule has 5 nitrogen and oxygen atoms in total. The van der Waals surface area contributed by atoms with E-state index in [9.17, 15) is 4.79 Å². The molecule has 1 fully saturated rings. The minimum Gasteiger partial charge on any atom is -0.399 e. The van der Waals surface area contributed by atoms with E-state index in [0.29, 0.717) is 22.3 Å². The zero-order chi connectivity index (χ0) is 14.9. The van der Waals surface area contributed by atoms with Crippen LogP contribution in [0, 0.1) is 0 Å². The third-order valence-electron chi connectivity index (χ3n) is 3.59. The minimum absolute atomic E-state index is 0.337. The van der Waals surface area contributed by atoms with Crippen molar-refractivity contribution in [2.45, 2.75) is 18.9 Å². The van der Waals surface area contributed by atoms with Crippen molar-refractivity contribution in [3.8, 4) is 0 Å². The third-order valence-corrected chi connectivity index (χ3v) is 3.88. The van der Waals surface area contributed by atoms with Crippen LogP contribution in [0.3, 0.4) is 0 Å². The molecule has 110 valence electrons. The van der Waals surface area contributed by atoms with Gasteiger partial charge < -0.3 is 21.3 Å². The number of likely N-dealkylation sites (N-methyl/N-ethyl adjacent to an activating group) is 1. The van der Waals surface area contributed by atoms with E-state index < -0.39 is 5.91 Å². The Labute approximate surface area is 124 Å². The highest BCUT2D eigenvalue weighted by Crippen LogP contribution is 2.36. The van der Waals surface area contributed by atoms with Crippen molar-refractivity contribution < 1.29 is 4.79 Å². The quantitative estimate of drug-likeness (QED) is 0.827. The van der Waals surface area contributed by atoms with Crippen LogP contribution in [0.25, 0.3) is 0 Å². The fraction of sp³-hybridized carbons (Fsp3) is 0.500. The second-order valence-electron chi connectivity index (χ2n) is 5.51. The lowest BCUT2D eigenvalue weighted by Crippen LogP contribution is -2.38. The lowest BCUT2D eigenvalue weighted by atomic mass is 10.1. The summed E-state index contributed by atoms with van der Waals surface area (Å²) in [5, 5.41) is 0.490. The number of benzene rings is 1. The number of hydrogen-bond donors (Lipinski definition) is 2. The minimum atomic E-state index is -0.496. The highest BCUT2D eigenvalue weighted by Gasteiger charge is 2.29. The predicted octanol–water partition coefficient (Wildman–Crippen LogP) is 1.55. The largest absolute Gasteiger partial charge is 0.399 e. The van der Waals surface area contributed by atoms with Crippen LogP contribution in [0.15, 0.2) is 12.1 Å². The van der Waals surface area contributed by atoms with E-state index in [4.69, 9.17) is 23.1 Å². The monoisotopic (exact) mass is 296 g/mol. The van der Waals surface area contributed by atoms with Gasteiger partial charge in [0.2, 0.25) is 0 Å². The number of halogens is 1. The number of carbonyl (C=O) groups is 1. The van der Waals surface area contributed by atoms with Gasteiger partial charge in [-0.15, -0.1) is 0 Å². The number of rotatable bonds is 4. The highest BCUT2D eigenvalue weighted by molar-refractivity contribution is 6.34. The smallest absolute Gasteiger partial charge is 0.250 e. The Hall–Kier alpha value is -1.46. The molecule has 0 radical (unpaired) electrons. The van der Waals surface area contributed by atoms with Crippen LogP contribution in [0.4, 0.5) is 11.4 Å². The molecule has 1 aromatic carbocycles. The summed E-state index contributed by atoms with van der Waals surface area (Å²) in [4.78, 5) is 16.0. The van der Waals surface area contributed by atoms with Crippen molar-refractivity contribution in [2.75, 3.05) is 37.8 Å². The fourth-order valence-corrected chi connectivity index (χ4v) is 3.18. The Balaban J connectivity index is 2.43. The maximum Gasteiger partial charge on any atom is 0.250 e. The van der Waals surface area contributed by atoms with Crippen LogP contribution in [-0.2, 0) is 0 Å². The zero-order valence-electron chi connectivity index (χ0n) is 11.9. The van der Waals surface area contributed by atoms with Crippen molar-refractivity contribution in [2.24, 2.45) is 5.73 Å². The van der Waals surface area contributed by atoms with Gasteiger partial charge in [0.05, 0.1) is 16.3 Å². The number of nitrogens with two attached hydrogens (primary N) is 2. The Morgan fingerprint density at radius 1 is 1.50 bits per heavy atom. The van der Waals surface area contributed by atoms with Crippen LogP contribution in [0.2, 0.25) is 5.02 Å². The van der Waals surface area contributed by atoms with Crippen LogP contribution in [-0.4, -0.2) is 44.0 Å².